The topological polar surface area (TPSA) is 12.5 Å². The number of benzene rings is 2. The lowest BCUT2D eigenvalue weighted by Crippen LogP contribution is -2.48. The van der Waals surface area contributed by atoms with Gasteiger partial charge in [-0.05, 0) is 53.6 Å². The average Bonchev–Trinajstić information content (AvgIpc) is 3.20. The van der Waals surface area contributed by atoms with Crippen molar-refractivity contribution >= 4 is 11.3 Å². The molecule has 1 atom stereocenters. The van der Waals surface area contributed by atoms with Crippen LogP contribution in [-0.4, -0.2) is 18.6 Å². The molecule has 128 valence electrons. The van der Waals surface area contributed by atoms with Crippen LogP contribution in [-0.2, 0) is 18.5 Å². The zero-order valence-corrected chi connectivity index (χ0v) is 15.6. The lowest BCUT2D eigenvalue weighted by Gasteiger charge is -2.46. The van der Waals surface area contributed by atoms with Crippen molar-refractivity contribution in [1.29, 1.82) is 0 Å². The number of fused-ring (bicyclic) bond motifs is 1. The molecule has 3 aromatic rings. The smallest absolute Gasteiger partial charge is 0.118 e. The molecule has 2 aromatic carbocycles. The molecule has 0 radical (unpaired) electrons. The van der Waals surface area contributed by atoms with Crippen LogP contribution in [0.15, 0.2) is 66.0 Å². The highest BCUT2D eigenvalue weighted by molar-refractivity contribution is 7.10. The molecule has 0 bridgehead atoms. The number of ether oxygens (including phenoxy) is 1. The Kier molecular flexibility index (Phi) is 4.36. The van der Waals surface area contributed by atoms with Crippen molar-refractivity contribution in [3.8, 4) is 5.75 Å². The van der Waals surface area contributed by atoms with E-state index in [-0.39, 0.29) is 5.54 Å². The van der Waals surface area contributed by atoms with E-state index in [4.69, 9.17) is 4.74 Å². The highest BCUT2D eigenvalue weighted by Crippen LogP contribution is 2.43. The molecule has 1 aromatic heterocycles. The first kappa shape index (κ1) is 16.4. The summed E-state index contributed by atoms with van der Waals surface area (Å²) in [4.78, 5) is 4.02. The monoisotopic (exact) mass is 349 g/mol. The molecule has 25 heavy (non-hydrogen) atoms. The van der Waals surface area contributed by atoms with Gasteiger partial charge in [-0.15, -0.1) is 11.3 Å². The van der Waals surface area contributed by atoms with Gasteiger partial charge in [0.05, 0.1) is 12.6 Å². The molecular formula is C22H23NOS. The molecule has 0 N–H and O–H groups in total. The number of hydrogen-bond acceptors (Lipinski definition) is 3. The highest BCUT2D eigenvalue weighted by atomic mass is 32.1. The van der Waals surface area contributed by atoms with Crippen LogP contribution in [0, 0.1) is 0 Å². The number of nitrogens with zero attached hydrogens (tertiary/aromatic N) is 1. The summed E-state index contributed by atoms with van der Waals surface area (Å²) in [6.45, 7) is 4.38. The lowest BCUT2D eigenvalue weighted by molar-refractivity contribution is 0.120. The molecule has 0 saturated heterocycles. The van der Waals surface area contributed by atoms with Crippen LogP contribution in [0.3, 0.4) is 0 Å². The molecule has 0 spiro atoms. The molecule has 4 rings (SSSR count). The normalized spacial score (nSPS) is 20.2. The van der Waals surface area contributed by atoms with Gasteiger partial charge in [-0.25, -0.2) is 0 Å². The second kappa shape index (κ2) is 6.66. The number of rotatable bonds is 4. The van der Waals surface area contributed by atoms with E-state index in [1.165, 1.54) is 21.6 Å². The van der Waals surface area contributed by atoms with Gasteiger partial charge < -0.3 is 4.74 Å². The fourth-order valence-electron chi connectivity index (χ4n) is 3.90. The van der Waals surface area contributed by atoms with Crippen LogP contribution in [0.5, 0.6) is 5.75 Å². The molecular weight excluding hydrogens is 326 g/mol. The van der Waals surface area contributed by atoms with E-state index in [1.807, 2.05) is 11.3 Å². The van der Waals surface area contributed by atoms with Gasteiger partial charge in [0.15, 0.2) is 0 Å². The van der Waals surface area contributed by atoms with Crippen molar-refractivity contribution < 1.29 is 4.74 Å². The SMILES string of the molecule is COc1ccc(CN2CCc3ccccc3C2(C)c2cccs2)cc1. The van der Waals surface area contributed by atoms with Crippen LogP contribution in [0.1, 0.15) is 28.5 Å². The van der Waals surface area contributed by atoms with Gasteiger partial charge in [0.1, 0.15) is 5.75 Å². The van der Waals surface area contributed by atoms with Gasteiger partial charge in [0.25, 0.3) is 0 Å². The summed E-state index contributed by atoms with van der Waals surface area (Å²) < 4.78 is 5.29. The van der Waals surface area contributed by atoms with Gasteiger partial charge in [0, 0.05) is 18.0 Å². The van der Waals surface area contributed by atoms with E-state index in [0.29, 0.717) is 0 Å². The van der Waals surface area contributed by atoms with Gasteiger partial charge in [0.2, 0.25) is 0 Å². The minimum atomic E-state index is -0.0804. The van der Waals surface area contributed by atoms with Crippen molar-refractivity contribution in [2.24, 2.45) is 0 Å². The lowest BCUT2D eigenvalue weighted by atomic mass is 9.80. The van der Waals surface area contributed by atoms with Crippen molar-refractivity contribution in [3.05, 3.63) is 87.6 Å². The first-order valence-electron chi connectivity index (χ1n) is 8.72. The summed E-state index contributed by atoms with van der Waals surface area (Å²) in [6, 6.07) is 21.8. The zero-order valence-electron chi connectivity index (χ0n) is 14.7. The Balaban J connectivity index is 1.73. The summed E-state index contributed by atoms with van der Waals surface area (Å²) >= 11 is 1.85. The molecule has 0 aliphatic carbocycles. The first-order valence-corrected chi connectivity index (χ1v) is 9.60. The van der Waals surface area contributed by atoms with E-state index in [0.717, 1.165) is 25.3 Å². The van der Waals surface area contributed by atoms with Gasteiger partial charge in [-0.2, -0.15) is 0 Å². The molecule has 1 aliphatic rings. The summed E-state index contributed by atoms with van der Waals surface area (Å²) in [5.74, 6) is 0.911. The van der Waals surface area contributed by atoms with Gasteiger partial charge in [-0.1, -0.05) is 42.5 Å². The quantitative estimate of drug-likeness (QED) is 0.651. The van der Waals surface area contributed by atoms with E-state index >= 15 is 0 Å². The minimum absolute atomic E-state index is 0.0804. The first-order chi connectivity index (χ1) is 12.2. The predicted molar refractivity (Wildman–Crippen MR) is 104 cm³/mol. The zero-order chi connectivity index (χ0) is 17.3. The number of hydrogen-bond donors (Lipinski definition) is 0. The number of thiophene rings is 1. The highest BCUT2D eigenvalue weighted by Gasteiger charge is 2.40. The van der Waals surface area contributed by atoms with E-state index < -0.39 is 0 Å². The molecule has 1 aliphatic heterocycles. The third-order valence-electron chi connectivity index (χ3n) is 5.36. The standard InChI is InChI=1S/C22H23NOS/c1-22(21-8-5-15-25-21)20-7-4-3-6-18(20)13-14-23(22)16-17-9-11-19(24-2)12-10-17/h3-12,15H,13-14,16H2,1-2H3. The Morgan fingerprint density at radius 1 is 1.04 bits per heavy atom. The molecule has 0 saturated carbocycles. The molecule has 1 unspecified atom stereocenters. The van der Waals surface area contributed by atoms with Crippen molar-refractivity contribution in [1.82, 2.24) is 4.90 Å². The molecule has 2 nitrogen and oxygen atoms in total. The fourth-order valence-corrected chi connectivity index (χ4v) is 4.82. The van der Waals surface area contributed by atoms with Crippen LogP contribution in [0.2, 0.25) is 0 Å². The van der Waals surface area contributed by atoms with Crippen molar-refractivity contribution in [3.63, 3.8) is 0 Å². The maximum Gasteiger partial charge on any atom is 0.118 e. The average molecular weight is 349 g/mol. The van der Waals surface area contributed by atoms with Gasteiger partial charge >= 0.3 is 0 Å². The maximum atomic E-state index is 5.29. The Hall–Kier alpha value is -2.10. The van der Waals surface area contributed by atoms with Crippen molar-refractivity contribution in [2.75, 3.05) is 13.7 Å². The van der Waals surface area contributed by atoms with Crippen LogP contribution < -0.4 is 4.74 Å². The van der Waals surface area contributed by atoms with E-state index in [2.05, 4.69) is 77.9 Å². The van der Waals surface area contributed by atoms with Gasteiger partial charge in [-0.3, -0.25) is 4.90 Å². The fraction of sp³-hybridized carbons (Fsp3) is 0.273. The second-order valence-corrected chi connectivity index (χ2v) is 7.67. The molecule has 0 fully saturated rings. The van der Waals surface area contributed by atoms with Crippen LogP contribution >= 0.6 is 11.3 Å². The minimum Gasteiger partial charge on any atom is -0.497 e. The Morgan fingerprint density at radius 3 is 2.56 bits per heavy atom. The summed E-state index contributed by atoms with van der Waals surface area (Å²) in [5.41, 5.74) is 4.16. The maximum absolute atomic E-state index is 5.29. The third-order valence-corrected chi connectivity index (χ3v) is 6.44. The molecule has 2 heterocycles. The Bertz CT molecular complexity index is 841. The summed E-state index contributed by atoms with van der Waals surface area (Å²) in [7, 11) is 1.71. The summed E-state index contributed by atoms with van der Waals surface area (Å²) in [5, 5.41) is 2.18. The summed E-state index contributed by atoms with van der Waals surface area (Å²) in [6.07, 6.45) is 1.10. The second-order valence-electron chi connectivity index (χ2n) is 6.73. The van der Waals surface area contributed by atoms with E-state index in [9.17, 15) is 0 Å². The largest absolute Gasteiger partial charge is 0.497 e. The van der Waals surface area contributed by atoms with Crippen LogP contribution in [0.4, 0.5) is 0 Å². The molecule has 3 heteroatoms. The predicted octanol–water partition coefficient (Wildman–Crippen LogP) is 5.08. The number of methoxy groups -OCH3 is 1. The molecule has 0 amide bonds. The third kappa shape index (κ3) is 2.88. The van der Waals surface area contributed by atoms with Crippen LogP contribution in [0.25, 0.3) is 0 Å². The Labute approximate surface area is 153 Å². The Morgan fingerprint density at radius 2 is 1.84 bits per heavy atom. The van der Waals surface area contributed by atoms with E-state index in [1.54, 1.807) is 7.11 Å². The van der Waals surface area contributed by atoms with Crippen molar-refractivity contribution in [2.45, 2.75) is 25.4 Å².